The Balaban J connectivity index is 1.68. The van der Waals surface area contributed by atoms with Crippen LogP contribution in [0.3, 0.4) is 0 Å². The van der Waals surface area contributed by atoms with E-state index in [1.807, 2.05) is 0 Å². The third-order valence-corrected chi connectivity index (χ3v) is 6.61. The minimum absolute atomic E-state index is 0.0145. The number of hydrogen-bond acceptors (Lipinski definition) is 5. The van der Waals surface area contributed by atoms with Gasteiger partial charge in [-0.1, -0.05) is 0 Å². The fraction of sp³-hybridized carbons (Fsp3) is 0.526. The predicted octanol–water partition coefficient (Wildman–Crippen LogP) is 3.64. The molecule has 30 heavy (non-hydrogen) atoms. The van der Waals surface area contributed by atoms with E-state index in [2.05, 4.69) is 10.3 Å². The number of alkyl halides is 3. The lowest BCUT2D eigenvalue weighted by atomic mass is 10.1. The van der Waals surface area contributed by atoms with E-state index in [9.17, 15) is 27.9 Å². The number of carbonyl (C=O) groups is 2. The summed E-state index contributed by atoms with van der Waals surface area (Å²) in [6, 6.07) is 0.705. The minimum atomic E-state index is -4.60. The highest BCUT2D eigenvalue weighted by Gasteiger charge is 2.38. The average molecular weight is 442 g/mol. The highest BCUT2D eigenvalue weighted by atomic mass is 32.1. The maximum Gasteiger partial charge on any atom is 0.417 e. The van der Waals surface area contributed by atoms with E-state index in [0.717, 1.165) is 30.2 Å². The molecule has 4 rings (SSSR count). The van der Waals surface area contributed by atoms with Crippen molar-refractivity contribution in [3.63, 3.8) is 0 Å². The Kier molecular flexibility index (Phi) is 5.25. The molecule has 11 heteroatoms. The first-order valence-corrected chi connectivity index (χ1v) is 10.5. The van der Waals surface area contributed by atoms with Gasteiger partial charge in [0.05, 0.1) is 27.4 Å². The summed E-state index contributed by atoms with van der Waals surface area (Å²) in [6.07, 6.45) is -3.07. The monoisotopic (exact) mass is 442 g/mol. The maximum atomic E-state index is 13.7. The highest BCUT2D eigenvalue weighted by Crippen LogP contribution is 2.41. The molecular weight excluding hydrogens is 421 g/mol. The van der Waals surface area contributed by atoms with Gasteiger partial charge in [-0.25, -0.2) is 9.78 Å². The number of nitrogens with zero attached hydrogens (tertiary/aromatic N) is 3. The molecule has 1 atom stereocenters. The van der Waals surface area contributed by atoms with Gasteiger partial charge in [0.1, 0.15) is 5.82 Å². The van der Waals surface area contributed by atoms with Crippen LogP contribution in [0.2, 0.25) is 0 Å². The number of rotatable bonds is 5. The number of pyridine rings is 1. The van der Waals surface area contributed by atoms with Crippen molar-refractivity contribution in [1.29, 1.82) is 0 Å². The van der Waals surface area contributed by atoms with E-state index < -0.39 is 23.7 Å². The Morgan fingerprint density at radius 1 is 1.37 bits per heavy atom. The van der Waals surface area contributed by atoms with Crippen LogP contribution in [-0.4, -0.2) is 59.7 Å². The topological polar surface area (TPSA) is 85.8 Å². The van der Waals surface area contributed by atoms with E-state index >= 15 is 0 Å². The van der Waals surface area contributed by atoms with Crippen molar-refractivity contribution < 1.29 is 27.9 Å². The number of thiophene rings is 1. The van der Waals surface area contributed by atoms with Gasteiger partial charge < -0.3 is 20.2 Å². The SMILES string of the molecule is CNC(=O)c1csc2c(C(F)(F)F)cc(N3CCC(N(CC4CC4)C(=O)O)C3)nc12. The largest absolute Gasteiger partial charge is 0.465 e. The Labute approximate surface area is 174 Å². The molecule has 0 bridgehead atoms. The van der Waals surface area contributed by atoms with Gasteiger partial charge in [-0.15, -0.1) is 11.3 Å². The number of anilines is 1. The van der Waals surface area contributed by atoms with Crippen molar-refractivity contribution >= 4 is 39.4 Å². The molecule has 1 aliphatic carbocycles. The Bertz CT molecular complexity index is 989. The summed E-state index contributed by atoms with van der Waals surface area (Å²) >= 11 is 0.838. The van der Waals surface area contributed by atoms with E-state index in [4.69, 9.17) is 0 Å². The maximum absolute atomic E-state index is 13.7. The van der Waals surface area contributed by atoms with E-state index in [1.165, 1.54) is 17.3 Å². The number of fused-ring (bicyclic) bond motifs is 1. The molecule has 2 aromatic heterocycles. The van der Waals surface area contributed by atoms with Crippen LogP contribution in [0.4, 0.5) is 23.8 Å². The molecule has 1 saturated carbocycles. The zero-order chi connectivity index (χ0) is 21.6. The van der Waals surface area contributed by atoms with Crippen LogP contribution in [0, 0.1) is 5.92 Å². The Morgan fingerprint density at radius 2 is 2.10 bits per heavy atom. The van der Waals surface area contributed by atoms with E-state index in [0.29, 0.717) is 25.4 Å². The van der Waals surface area contributed by atoms with Crippen LogP contribution in [-0.2, 0) is 6.18 Å². The lowest BCUT2D eigenvalue weighted by Gasteiger charge is -2.26. The van der Waals surface area contributed by atoms with Crippen molar-refractivity contribution in [3.8, 4) is 0 Å². The number of carbonyl (C=O) groups excluding carboxylic acids is 1. The normalized spacial score (nSPS) is 19.3. The zero-order valence-corrected chi connectivity index (χ0v) is 17.0. The standard InChI is InChI=1S/C19H21F3N4O3S/c1-23-17(27)12-9-30-16-13(19(20,21)22)6-14(24-15(12)16)25-5-4-11(8-25)26(18(28)29)7-10-2-3-10/h6,9-11H,2-5,7-8H2,1H3,(H,23,27)(H,28,29). The van der Waals surface area contributed by atoms with Gasteiger partial charge in [-0.05, 0) is 31.2 Å². The van der Waals surface area contributed by atoms with Crippen LogP contribution in [0.5, 0.6) is 0 Å². The van der Waals surface area contributed by atoms with Gasteiger partial charge in [0.15, 0.2) is 0 Å². The molecule has 2 aliphatic rings. The van der Waals surface area contributed by atoms with Crippen LogP contribution < -0.4 is 10.2 Å². The Hall–Kier alpha value is -2.56. The highest BCUT2D eigenvalue weighted by molar-refractivity contribution is 7.17. The van der Waals surface area contributed by atoms with Gasteiger partial charge in [0.2, 0.25) is 0 Å². The summed E-state index contributed by atoms with van der Waals surface area (Å²) in [4.78, 5) is 31.2. The number of aromatic nitrogens is 1. The summed E-state index contributed by atoms with van der Waals surface area (Å²) in [7, 11) is 1.41. The summed E-state index contributed by atoms with van der Waals surface area (Å²) in [6.45, 7) is 1.13. The van der Waals surface area contributed by atoms with Crippen molar-refractivity contribution in [2.75, 3.05) is 31.6 Å². The van der Waals surface area contributed by atoms with Gasteiger partial charge in [-0.3, -0.25) is 4.79 Å². The first kappa shape index (κ1) is 20.7. The molecule has 3 heterocycles. The van der Waals surface area contributed by atoms with Crippen LogP contribution in [0.1, 0.15) is 35.2 Å². The van der Waals surface area contributed by atoms with Crippen LogP contribution >= 0.6 is 11.3 Å². The average Bonchev–Trinajstić information content (AvgIpc) is 3.21. The van der Waals surface area contributed by atoms with E-state index in [-0.39, 0.29) is 34.2 Å². The molecule has 1 unspecified atom stereocenters. The molecule has 1 saturated heterocycles. The Morgan fingerprint density at radius 3 is 2.70 bits per heavy atom. The number of amides is 2. The summed E-state index contributed by atoms with van der Waals surface area (Å²) in [5.74, 6) is -0.0141. The number of nitrogens with one attached hydrogen (secondary N) is 1. The first-order chi connectivity index (χ1) is 14.2. The fourth-order valence-corrected chi connectivity index (χ4v) is 4.85. The second kappa shape index (κ2) is 7.60. The third-order valence-electron chi connectivity index (χ3n) is 5.61. The molecule has 7 nitrogen and oxygen atoms in total. The minimum Gasteiger partial charge on any atom is -0.465 e. The lowest BCUT2D eigenvalue weighted by molar-refractivity contribution is -0.136. The van der Waals surface area contributed by atoms with Crippen molar-refractivity contribution in [3.05, 3.63) is 22.6 Å². The van der Waals surface area contributed by atoms with Gasteiger partial charge in [-0.2, -0.15) is 13.2 Å². The molecule has 162 valence electrons. The molecule has 2 aromatic rings. The summed E-state index contributed by atoms with van der Waals surface area (Å²) in [5, 5.41) is 13.4. The molecule has 2 N–H and O–H groups in total. The van der Waals surface area contributed by atoms with Crippen LogP contribution in [0.15, 0.2) is 11.4 Å². The molecule has 1 aliphatic heterocycles. The van der Waals surface area contributed by atoms with Crippen molar-refractivity contribution in [2.24, 2.45) is 5.92 Å². The number of hydrogen-bond donors (Lipinski definition) is 2. The zero-order valence-electron chi connectivity index (χ0n) is 16.2. The molecule has 2 amide bonds. The molecule has 2 fully saturated rings. The smallest absolute Gasteiger partial charge is 0.417 e. The first-order valence-electron chi connectivity index (χ1n) is 9.65. The second-order valence-electron chi connectivity index (χ2n) is 7.70. The van der Waals surface area contributed by atoms with Gasteiger partial charge in [0.25, 0.3) is 5.91 Å². The molecule has 0 spiro atoms. The second-order valence-corrected chi connectivity index (χ2v) is 8.58. The fourth-order valence-electron chi connectivity index (χ4n) is 3.83. The predicted molar refractivity (Wildman–Crippen MR) is 106 cm³/mol. The summed E-state index contributed by atoms with van der Waals surface area (Å²) < 4.78 is 41.1. The van der Waals surface area contributed by atoms with Crippen LogP contribution in [0.25, 0.3) is 10.2 Å². The number of halogens is 3. The molecule has 0 aromatic carbocycles. The van der Waals surface area contributed by atoms with Crippen molar-refractivity contribution in [2.45, 2.75) is 31.5 Å². The quantitative estimate of drug-likeness (QED) is 0.739. The van der Waals surface area contributed by atoms with Gasteiger partial charge in [0, 0.05) is 32.1 Å². The van der Waals surface area contributed by atoms with Gasteiger partial charge >= 0.3 is 12.3 Å². The summed E-state index contributed by atoms with van der Waals surface area (Å²) in [5.41, 5.74) is -0.721. The molecule has 0 radical (unpaired) electrons. The van der Waals surface area contributed by atoms with Crippen molar-refractivity contribution in [1.82, 2.24) is 15.2 Å². The lowest BCUT2D eigenvalue weighted by Crippen LogP contribution is -2.42. The van der Waals surface area contributed by atoms with E-state index in [1.54, 1.807) is 4.90 Å². The number of carboxylic acid groups (broad SMARTS) is 1. The third kappa shape index (κ3) is 3.90. The molecular formula is C19H21F3N4O3S.